The van der Waals surface area contributed by atoms with Crippen molar-refractivity contribution in [3.63, 3.8) is 0 Å². The van der Waals surface area contributed by atoms with Crippen LogP contribution in [0.25, 0.3) is 0 Å². The van der Waals surface area contributed by atoms with Crippen LogP contribution < -0.4 is 4.72 Å². The van der Waals surface area contributed by atoms with E-state index in [1.165, 1.54) is 25.3 Å². The number of carbonyl (C=O) groups excluding carboxylic acids is 1. The molecule has 0 amide bonds. The third-order valence-electron chi connectivity index (χ3n) is 4.44. The van der Waals surface area contributed by atoms with Gasteiger partial charge in [0, 0.05) is 24.5 Å². The number of fused-ring (bicyclic) bond motifs is 1. The highest BCUT2D eigenvalue weighted by molar-refractivity contribution is 7.94. The number of ether oxygens (including phenoxy) is 1. The first-order valence-electron chi connectivity index (χ1n) is 8.95. The normalized spacial score (nSPS) is 14.8. The van der Waals surface area contributed by atoms with Crippen molar-refractivity contribution < 1.29 is 22.3 Å². The maximum absolute atomic E-state index is 13.4. The zero-order valence-corrected chi connectivity index (χ0v) is 17.6. The van der Waals surface area contributed by atoms with Gasteiger partial charge in [0.2, 0.25) is 0 Å². The number of benzene rings is 1. The molecule has 1 aromatic carbocycles. The molecule has 1 aliphatic rings. The van der Waals surface area contributed by atoms with Crippen molar-refractivity contribution in [3.05, 3.63) is 46.1 Å². The summed E-state index contributed by atoms with van der Waals surface area (Å²) in [5, 5.41) is 0. The van der Waals surface area contributed by atoms with Crippen LogP contribution in [0, 0.1) is 11.7 Å². The van der Waals surface area contributed by atoms with Crippen molar-refractivity contribution in [1.29, 1.82) is 0 Å². The Morgan fingerprint density at radius 1 is 1.39 bits per heavy atom. The molecule has 0 saturated carbocycles. The zero-order chi connectivity index (χ0) is 20.5. The highest BCUT2D eigenvalue weighted by Crippen LogP contribution is 2.37. The summed E-state index contributed by atoms with van der Waals surface area (Å²) >= 11 is 1.08. The van der Waals surface area contributed by atoms with Crippen molar-refractivity contribution in [1.82, 2.24) is 4.90 Å². The van der Waals surface area contributed by atoms with E-state index in [1.54, 1.807) is 0 Å². The van der Waals surface area contributed by atoms with Crippen LogP contribution in [0.5, 0.6) is 0 Å². The van der Waals surface area contributed by atoms with Gasteiger partial charge < -0.3 is 4.74 Å². The van der Waals surface area contributed by atoms with Crippen molar-refractivity contribution in [3.8, 4) is 0 Å². The van der Waals surface area contributed by atoms with Crippen LogP contribution in [0.15, 0.2) is 28.5 Å². The van der Waals surface area contributed by atoms with E-state index in [-0.39, 0.29) is 15.5 Å². The lowest BCUT2D eigenvalue weighted by Crippen LogP contribution is -2.33. The number of rotatable bonds is 6. The lowest BCUT2D eigenvalue weighted by Gasteiger charge is -2.28. The molecule has 0 saturated heterocycles. The smallest absolute Gasteiger partial charge is 0.340 e. The first-order valence-corrected chi connectivity index (χ1v) is 11.2. The van der Waals surface area contributed by atoms with Gasteiger partial charge in [0.25, 0.3) is 10.0 Å². The van der Waals surface area contributed by atoms with Crippen molar-refractivity contribution in [2.45, 2.75) is 31.0 Å². The fraction of sp³-hybridized carbons (Fsp3) is 0.421. The number of nitrogens with zero attached hydrogens (tertiary/aromatic N) is 1. The number of nitrogens with one attached hydrogen (secondary N) is 1. The molecule has 0 unspecified atom stereocenters. The first-order chi connectivity index (χ1) is 13.2. The Hall–Kier alpha value is -1.97. The van der Waals surface area contributed by atoms with Crippen LogP contribution in [0.2, 0.25) is 0 Å². The first kappa shape index (κ1) is 20.8. The molecule has 0 radical (unpaired) electrons. The minimum Gasteiger partial charge on any atom is -0.465 e. The van der Waals surface area contributed by atoms with E-state index < -0.39 is 21.8 Å². The van der Waals surface area contributed by atoms with Crippen LogP contribution in [0.1, 0.15) is 34.6 Å². The summed E-state index contributed by atoms with van der Waals surface area (Å²) in [6.07, 6.45) is 0.582. The number of halogens is 1. The van der Waals surface area contributed by atoms with Gasteiger partial charge in [-0.2, -0.15) is 0 Å². The summed E-state index contributed by atoms with van der Waals surface area (Å²) in [6.45, 7) is 6.50. The standard InChI is InChI=1S/C19H23FN2O4S2/c1-12(2)10-22-8-7-15-16(11-22)27-19(17(15)18(23)26-3)28(24,25)21-14-6-4-5-13(20)9-14/h4-6,9,12,21H,7-8,10-11H2,1-3H3. The van der Waals surface area contributed by atoms with Crippen LogP contribution in [0.4, 0.5) is 10.1 Å². The Kier molecular flexibility index (Phi) is 6.07. The molecule has 0 aliphatic carbocycles. The van der Waals surface area contributed by atoms with E-state index in [0.717, 1.165) is 40.9 Å². The Morgan fingerprint density at radius 2 is 2.14 bits per heavy atom. The second-order valence-electron chi connectivity index (χ2n) is 7.15. The van der Waals surface area contributed by atoms with Gasteiger partial charge in [0.1, 0.15) is 5.82 Å². The lowest BCUT2D eigenvalue weighted by molar-refractivity contribution is 0.0595. The minimum absolute atomic E-state index is 0.0833. The van der Waals surface area contributed by atoms with E-state index in [2.05, 4.69) is 23.5 Å². The summed E-state index contributed by atoms with van der Waals surface area (Å²) < 4.78 is 46.5. The fourth-order valence-electron chi connectivity index (χ4n) is 3.35. The average molecular weight is 427 g/mol. The molecule has 2 heterocycles. The van der Waals surface area contributed by atoms with E-state index in [0.29, 0.717) is 18.9 Å². The number of methoxy groups -OCH3 is 1. The summed E-state index contributed by atoms with van der Waals surface area (Å²) in [7, 11) is -2.84. The maximum atomic E-state index is 13.4. The third kappa shape index (κ3) is 4.37. The van der Waals surface area contributed by atoms with Gasteiger partial charge in [-0.15, -0.1) is 11.3 Å². The molecule has 0 atom stereocenters. The molecule has 6 nitrogen and oxygen atoms in total. The highest BCUT2D eigenvalue weighted by atomic mass is 32.2. The van der Waals surface area contributed by atoms with Crippen LogP contribution >= 0.6 is 11.3 Å². The average Bonchev–Trinajstić information content (AvgIpc) is 3.00. The number of carbonyl (C=O) groups is 1. The van der Waals surface area contributed by atoms with Gasteiger partial charge in [0.15, 0.2) is 4.21 Å². The van der Waals surface area contributed by atoms with Gasteiger partial charge in [-0.1, -0.05) is 19.9 Å². The lowest BCUT2D eigenvalue weighted by atomic mass is 10.0. The minimum atomic E-state index is -4.07. The predicted molar refractivity (Wildman–Crippen MR) is 107 cm³/mol. The second-order valence-corrected chi connectivity index (χ2v) is 10.1. The SMILES string of the molecule is COC(=O)c1c(S(=O)(=O)Nc2cccc(F)c2)sc2c1CCN(CC(C)C)C2. The Bertz CT molecular complexity index is 986. The highest BCUT2D eigenvalue weighted by Gasteiger charge is 2.34. The molecule has 9 heteroatoms. The van der Waals surface area contributed by atoms with Crippen molar-refractivity contribution in [2.24, 2.45) is 5.92 Å². The molecule has 1 aromatic heterocycles. The quantitative estimate of drug-likeness (QED) is 0.716. The summed E-state index contributed by atoms with van der Waals surface area (Å²) in [5.41, 5.74) is 0.927. The third-order valence-corrected chi connectivity index (χ3v) is 7.55. The molecule has 2 aromatic rings. The number of sulfonamides is 1. The predicted octanol–water partition coefficient (Wildman–Crippen LogP) is 3.49. The Balaban J connectivity index is 2.00. The Labute approximate surface area is 168 Å². The molecule has 3 rings (SSSR count). The summed E-state index contributed by atoms with van der Waals surface area (Å²) in [5.74, 6) is -0.739. The van der Waals surface area contributed by atoms with E-state index in [4.69, 9.17) is 4.74 Å². The number of hydrogen-bond acceptors (Lipinski definition) is 6. The van der Waals surface area contributed by atoms with Crippen LogP contribution in [0.3, 0.4) is 0 Å². The molecule has 0 spiro atoms. The van der Waals surface area contributed by atoms with Gasteiger partial charge in [-0.05, 0) is 36.1 Å². The molecule has 152 valence electrons. The molecular weight excluding hydrogens is 403 g/mol. The number of hydrogen-bond donors (Lipinski definition) is 1. The number of anilines is 1. The van der Waals surface area contributed by atoms with Crippen LogP contribution in [-0.4, -0.2) is 39.5 Å². The summed E-state index contributed by atoms with van der Waals surface area (Å²) in [4.78, 5) is 15.5. The molecule has 1 N–H and O–H groups in total. The maximum Gasteiger partial charge on any atom is 0.340 e. The largest absolute Gasteiger partial charge is 0.465 e. The molecule has 28 heavy (non-hydrogen) atoms. The van der Waals surface area contributed by atoms with Gasteiger partial charge in [-0.25, -0.2) is 17.6 Å². The molecular formula is C19H23FN2O4S2. The topological polar surface area (TPSA) is 75.7 Å². The van der Waals surface area contributed by atoms with Gasteiger partial charge >= 0.3 is 5.97 Å². The molecule has 0 fully saturated rings. The van der Waals surface area contributed by atoms with Crippen molar-refractivity contribution >= 4 is 33.0 Å². The van der Waals surface area contributed by atoms with E-state index in [9.17, 15) is 17.6 Å². The number of thiophene rings is 1. The number of esters is 1. The molecule has 1 aliphatic heterocycles. The Morgan fingerprint density at radius 3 is 2.79 bits per heavy atom. The monoisotopic (exact) mass is 426 g/mol. The molecule has 0 bridgehead atoms. The van der Waals surface area contributed by atoms with E-state index >= 15 is 0 Å². The summed E-state index contributed by atoms with van der Waals surface area (Å²) in [6, 6.07) is 5.19. The van der Waals surface area contributed by atoms with Crippen LogP contribution in [-0.2, 0) is 27.7 Å². The van der Waals surface area contributed by atoms with Gasteiger partial charge in [0.05, 0.1) is 18.4 Å². The van der Waals surface area contributed by atoms with E-state index in [1.807, 2.05) is 0 Å². The fourth-order valence-corrected chi connectivity index (χ4v) is 6.33. The van der Waals surface area contributed by atoms with Crippen molar-refractivity contribution in [2.75, 3.05) is 24.9 Å². The second kappa shape index (κ2) is 8.18. The zero-order valence-electron chi connectivity index (χ0n) is 16.0. The van der Waals surface area contributed by atoms with Gasteiger partial charge in [-0.3, -0.25) is 9.62 Å².